The first-order valence-corrected chi connectivity index (χ1v) is 6.59. The molecule has 5 nitrogen and oxygen atoms in total. The van der Waals surface area contributed by atoms with Crippen LogP contribution in [-0.2, 0) is 9.59 Å². The van der Waals surface area contributed by atoms with E-state index in [1.165, 1.54) is 5.56 Å². The molecule has 1 aromatic carbocycles. The summed E-state index contributed by atoms with van der Waals surface area (Å²) in [5, 5.41) is 10.3. The number of rotatable bonds is 2. The molecule has 1 heterocycles. The van der Waals surface area contributed by atoms with Crippen LogP contribution >= 0.6 is 0 Å². The second kappa shape index (κ2) is 7.79. The van der Waals surface area contributed by atoms with Crippen LogP contribution in [0.2, 0.25) is 0 Å². The number of halogens is 3. The van der Waals surface area contributed by atoms with Crippen molar-refractivity contribution in [3.63, 3.8) is 0 Å². The van der Waals surface area contributed by atoms with E-state index >= 15 is 0 Å². The molecule has 1 saturated heterocycles. The van der Waals surface area contributed by atoms with Crippen LogP contribution in [0.4, 0.5) is 13.2 Å². The highest BCUT2D eigenvalue weighted by molar-refractivity contribution is 5.80. The Hall–Kier alpha value is -2.09. The van der Waals surface area contributed by atoms with Crippen molar-refractivity contribution in [2.45, 2.75) is 31.0 Å². The molecule has 0 aromatic heterocycles. The zero-order chi connectivity index (χ0) is 16.8. The average molecular weight is 318 g/mol. The topological polar surface area (TPSA) is 92.4 Å². The molecule has 8 heteroatoms. The quantitative estimate of drug-likeness (QED) is 0.773. The van der Waals surface area contributed by atoms with Crippen molar-refractivity contribution in [3.8, 4) is 0 Å². The van der Waals surface area contributed by atoms with Gasteiger partial charge in [-0.25, -0.2) is 4.79 Å². The number of benzene rings is 1. The van der Waals surface area contributed by atoms with E-state index in [0.29, 0.717) is 5.92 Å². The molecular formula is C14H17F3N2O3. The zero-order valence-electron chi connectivity index (χ0n) is 11.6. The van der Waals surface area contributed by atoms with E-state index in [4.69, 9.17) is 15.6 Å². The average Bonchev–Trinajstić information content (AvgIpc) is 2.48. The van der Waals surface area contributed by atoms with Crippen LogP contribution in [0, 0.1) is 0 Å². The molecule has 4 N–H and O–H groups in total. The van der Waals surface area contributed by atoms with Crippen LogP contribution in [0.5, 0.6) is 0 Å². The lowest BCUT2D eigenvalue weighted by atomic mass is 9.86. The Bertz CT molecular complexity index is 506. The summed E-state index contributed by atoms with van der Waals surface area (Å²) in [4.78, 5) is 20.0. The molecule has 0 radical (unpaired) electrons. The molecule has 1 aliphatic rings. The summed E-state index contributed by atoms with van der Waals surface area (Å²) in [6, 6.07) is 10.2. The number of carboxylic acid groups (broad SMARTS) is 1. The maximum atomic E-state index is 11.1. The van der Waals surface area contributed by atoms with Crippen molar-refractivity contribution in [1.82, 2.24) is 5.32 Å². The summed E-state index contributed by atoms with van der Waals surface area (Å²) in [5.41, 5.74) is 6.62. The van der Waals surface area contributed by atoms with Gasteiger partial charge in [0, 0.05) is 0 Å². The molecule has 1 aromatic rings. The van der Waals surface area contributed by atoms with Crippen LogP contribution in [0.25, 0.3) is 0 Å². The molecule has 0 spiro atoms. The highest BCUT2D eigenvalue weighted by Crippen LogP contribution is 2.27. The first kappa shape index (κ1) is 18.0. The highest BCUT2D eigenvalue weighted by atomic mass is 19.4. The number of alkyl halides is 3. The lowest BCUT2D eigenvalue weighted by Gasteiger charge is -2.28. The van der Waals surface area contributed by atoms with Crippen LogP contribution in [-0.4, -0.2) is 35.7 Å². The molecule has 122 valence electrons. The Labute approximate surface area is 125 Å². The second-order valence-electron chi connectivity index (χ2n) is 4.84. The smallest absolute Gasteiger partial charge is 0.475 e. The van der Waals surface area contributed by atoms with E-state index in [-0.39, 0.29) is 11.9 Å². The molecule has 0 bridgehead atoms. The maximum Gasteiger partial charge on any atom is 0.490 e. The minimum atomic E-state index is -5.08. The molecular weight excluding hydrogens is 301 g/mol. The lowest BCUT2D eigenvalue weighted by molar-refractivity contribution is -0.192. The van der Waals surface area contributed by atoms with Crippen molar-refractivity contribution >= 4 is 11.9 Å². The van der Waals surface area contributed by atoms with E-state index < -0.39 is 12.1 Å². The fourth-order valence-corrected chi connectivity index (χ4v) is 2.16. The number of carbonyl (C=O) groups is 2. The van der Waals surface area contributed by atoms with Crippen LogP contribution in [0.15, 0.2) is 30.3 Å². The minimum Gasteiger partial charge on any atom is -0.475 e. The predicted molar refractivity (Wildman–Crippen MR) is 73.1 cm³/mol. The Kier molecular flexibility index (Phi) is 6.36. The van der Waals surface area contributed by atoms with E-state index in [9.17, 15) is 18.0 Å². The van der Waals surface area contributed by atoms with Crippen molar-refractivity contribution in [2.24, 2.45) is 5.73 Å². The van der Waals surface area contributed by atoms with Gasteiger partial charge >= 0.3 is 12.1 Å². The highest BCUT2D eigenvalue weighted by Gasteiger charge is 2.38. The van der Waals surface area contributed by atoms with Gasteiger partial charge in [0.05, 0.1) is 6.04 Å². The summed E-state index contributed by atoms with van der Waals surface area (Å²) in [7, 11) is 0. The van der Waals surface area contributed by atoms with Gasteiger partial charge < -0.3 is 16.2 Å². The minimum absolute atomic E-state index is 0.163. The number of carbonyl (C=O) groups excluding carboxylic acids is 1. The largest absolute Gasteiger partial charge is 0.490 e. The van der Waals surface area contributed by atoms with Gasteiger partial charge in [-0.05, 0) is 30.9 Å². The number of nitrogens with one attached hydrogen (secondary N) is 1. The standard InChI is InChI=1S/C12H16N2O.C2HF3O2/c13-12(15)11-8-10(6-7-14-11)9-4-2-1-3-5-9;3-2(4,5)1(6)7/h1-5,10-11,14H,6-8H2,(H2,13,15);(H,6,7). The fraction of sp³-hybridized carbons (Fsp3) is 0.429. The van der Waals surface area contributed by atoms with Crippen molar-refractivity contribution < 1.29 is 27.9 Å². The van der Waals surface area contributed by atoms with Gasteiger partial charge in [-0.1, -0.05) is 30.3 Å². The fourth-order valence-electron chi connectivity index (χ4n) is 2.16. The molecule has 1 fully saturated rings. The van der Waals surface area contributed by atoms with Crippen molar-refractivity contribution in [2.75, 3.05) is 6.54 Å². The Morgan fingerprint density at radius 3 is 2.23 bits per heavy atom. The summed E-state index contributed by atoms with van der Waals surface area (Å²) >= 11 is 0. The Balaban J connectivity index is 0.000000295. The summed E-state index contributed by atoms with van der Waals surface area (Å²) < 4.78 is 31.7. The molecule has 0 saturated carbocycles. The normalized spacial score (nSPS) is 21.4. The molecule has 22 heavy (non-hydrogen) atoms. The van der Waals surface area contributed by atoms with E-state index in [1.807, 2.05) is 18.2 Å². The monoisotopic (exact) mass is 318 g/mol. The number of hydrogen-bond donors (Lipinski definition) is 3. The summed E-state index contributed by atoms with van der Waals surface area (Å²) in [5.74, 6) is -2.53. The van der Waals surface area contributed by atoms with Crippen LogP contribution < -0.4 is 11.1 Å². The van der Waals surface area contributed by atoms with Crippen molar-refractivity contribution in [1.29, 1.82) is 0 Å². The van der Waals surface area contributed by atoms with Gasteiger partial charge in [-0.2, -0.15) is 13.2 Å². The van der Waals surface area contributed by atoms with Gasteiger partial charge in [0.15, 0.2) is 0 Å². The molecule has 0 aliphatic carbocycles. The molecule has 1 amide bonds. The maximum absolute atomic E-state index is 11.1. The van der Waals surface area contributed by atoms with Crippen LogP contribution in [0.1, 0.15) is 24.3 Å². The van der Waals surface area contributed by atoms with Gasteiger partial charge in [-0.15, -0.1) is 0 Å². The molecule has 1 aliphatic heterocycles. The number of aliphatic carboxylic acids is 1. The van der Waals surface area contributed by atoms with Gasteiger partial charge in [-0.3, -0.25) is 4.79 Å². The SMILES string of the molecule is NC(=O)C1CC(c2ccccc2)CCN1.O=C(O)C(F)(F)F. The number of carboxylic acids is 1. The van der Waals surface area contributed by atoms with Gasteiger partial charge in [0.2, 0.25) is 5.91 Å². The lowest BCUT2D eigenvalue weighted by Crippen LogP contribution is -2.46. The zero-order valence-corrected chi connectivity index (χ0v) is 11.6. The number of nitrogens with two attached hydrogens (primary N) is 1. The third-order valence-electron chi connectivity index (χ3n) is 3.26. The van der Waals surface area contributed by atoms with Gasteiger partial charge in [0.1, 0.15) is 0 Å². The molecule has 2 unspecified atom stereocenters. The predicted octanol–water partition coefficient (Wildman–Crippen LogP) is 1.64. The molecule has 2 atom stereocenters. The van der Waals surface area contributed by atoms with Crippen molar-refractivity contribution in [3.05, 3.63) is 35.9 Å². The van der Waals surface area contributed by atoms with Crippen LogP contribution in [0.3, 0.4) is 0 Å². The molecule has 2 rings (SSSR count). The summed E-state index contributed by atoms with van der Waals surface area (Å²) in [6.45, 7) is 0.868. The number of primary amides is 1. The Morgan fingerprint density at radius 1 is 1.23 bits per heavy atom. The first-order valence-electron chi connectivity index (χ1n) is 6.59. The third-order valence-corrected chi connectivity index (χ3v) is 3.26. The first-order chi connectivity index (χ1) is 10.2. The number of amides is 1. The number of piperidine rings is 1. The summed E-state index contributed by atoms with van der Waals surface area (Å²) in [6.07, 6.45) is -3.19. The Morgan fingerprint density at radius 2 is 1.77 bits per heavy atom. The van der Waals surface area contributed by atoms with Gasteiger partial charge in [0.25, 0.3) is 0 Å². The van der Waals surface area contributed by atoms with E-state index in [2.05, 4.69) is 17.4 Å². The number of hydrogen-bond acceptors (Lipinski definition) is 3. The third kappa shape index (κ3) is 5.72. The van der Waals surface area contributed by atoms with E-state index in [1.54, 1.807) is 0 Å². The van der Waals surface area contributed by atoms with E-state index in [0.717, 1.165) is 19.4 Å². The second-order valence-corrected chi connectivity index (χ2v) is 4.84.